The van der Waals surface area contributed by atoms with Crippen LogP contribution in [0.5, 0.6) is 0 Å². The molecule has 19 heavy (non-hydrogen) atoms. The van der Waals surface area contributed by atoms with Crippen LogP contribution >= 0.6 is 0 Å². The van der Waals surface area contributed by atoms with Crippen molar-refractivity contribution < 1.29 is 14.8 Å². The van der Waals surface area contributed by atoms with Crippen molar-refractivity contribution >= 4 is 11.7 Å². The lowest BCUT2D eigenvalue weighted by atomic mass is 9.94. The van der Waals surface area contributed by atoms with E-state index in [2.05, 4.69) is 5.10 Å². The predicted molar refractivity (Wildman–Crippen MR) is 69.1 cm³/mol. The van der Waals surface area contributed by atoms with Crippen LogP contribution in [-0.2, 0) is 24.2 Å². The largest absolute Gasteiger partial charge is 0.481 e. The monoisotopic (exact) mass is 269 g/mol. The summed E-state index contributed by atoms with van der Waals surface area (Å²) in [7, 11) is 0. The molecule has 106 valence electrons. The summed E-state index contributed by atoms with van der Waals surface area (Å²) in [5.41, 5.74) is -0.111. The maximum absolute atomic E-state index is 11.1. The zero-order chi connectivity index (χ0) is 14.8. The fourth-order valence-electron chi connectivity index (χ4n) is 1.91. The molecule has 0 aliphatic rings. The topological polar surface area (TPSA) is 98.3 Å². The van der Waals surface area contributed by atoms with Gasteiger partial charge < -0.3 is 5.11 Å². The smallest absolute Gasteiger partial charge is 0.313 e. The summed E-state index contributed by atoms with van der Waals surface area (Å²) in [4.78, 5) is 21.8. The highest BCUT2D eigenvalue weighted by atomic mass is 16.6. The number of aromatic nitrogens is 2. The zero-order valence-electron chi connectivity index (χ0n) is 11.6. The van der Waals surface area contributed by atoms with Gasteiger partial charge in [-0.3, -0.25) is 19.6 Å². The Kier molecular flexibility index (Phi) is 4.28. The van der Waals surface area contributed by atoms with E-state index in [4.69, 9.17) is 5.11 Å². The second-order valence-corrected chi connectivity index (χ2v) is 5.05. The van der Waals surface area contributed by atoms with Crippen molar-refractivity contribution in [3.8, 4) is 0 Å². The Morgan fingerprint density at radius 3 is 2.37 bits per heavy atom. The van der Waals surface area contributed by atoms with Gasteiger partial charge in [-0.25, -0.2) is 0 Å². The summed E-state index contributed by atoms with van der Waals surface area (Å²) < 4.78 is 1.46. The van der Waals surface area contributed by atoms with Gasteiger partial charge in [0.15, 0.2) is 0 Å². The third kappa shape index (κ3) is 2.91. The van der Waals surface area contributed by atoms with E-state index in [1.54, 1.807) is 27.7 Å². The number of carbonyl (C=O) groups is 1. The first-order valence-electron chi connectivity index (χ1n) is 6.20. The fraction of sp³-hybridized carbons (Fsp3) is 0.667. The Hall–Kier alpha value is -1.92. The molecule has 1 N–H and O–H groups in total. The summed E-state index contributed by atoms with van der Waals surface area (Å²) >= 11 is 0. The van der Waals surface area contributed by atoms with Crippen LogP contribution < -0.4 is 0 Å². The van der Waals surface area contributed by atoms with Gasteiger partial charge in [-0.1, -0.05) is 13.8 Å². The number of rotatable bonds is 6. The van der Waals surface area contributed by atoms with Crippen molar-refractivity contribution in [2.75, 3.05) is 0 Å². The number of nitrogens with zero attached hydrogens (tertiary/aromatic N) is 3. The second-order valence-electron chi connectivity index (χ2n) is 5.05. The summed E-state index contributed by atoms with van der Waals surface area (Å²) in [6.07, 6.45) is 0.892. The number of aliphatic carboxylic acids is 1. The van der Waals surface area contributed by atoms with E-state index in [0.717, 1.165) is 0 Å². The minimum Gasteiger partial charge on any atom is -0.481 e. The van der Waals surface area contributed by atoms with Crippen LogP contribution in [0.15, 0.2) is 0 Å². The number of carboxylic acids is 1. The summed E-state index contributed by atoms with van der Waals surface area (Å²) in [6.45, 7) is 6.86. The number of hydrogen-bond acceptors (Lipinski definition) is 4. The van der Waals surface area contributed by atoms with Gasteiger partial charge in [-0.05, 0) is 26.7 Å². The van der Waals surface area contributed by atoms with Crippen LogP contribution in [0.25, 0.3) is 0 Å². The highest BCUT2D eigenvalue weighted by Crippen LogP contribution is 2.27. The average Bonchev–Trinajstić information content (AvgIpc) is 2.65. The van der Waals surface area contributed by atoms with E-state index in [9.17, 15) is 14.9 Å². The van der Waals surface area contributed by atoms with E-state index < -0.39 is 16.3 Å². The molecule has 0 spiro atoms. The van der Waals surface area contributed by atoms with Crippen molar-refractivity contribution in [1.82, 2.24) is 9.78 Å². The lowest BCUT2D eigenvalue weighted by Gasteiger charge is -2.19. The molecule has 1 aromatic rings. The van der Waals surface area contributed by atoms with Gasteiger partial charge in [-0.15, -0.1) is 0 Å². The Morgan fingerprint density at radius 1 is 1.42 bits per heavy atom. The summed E-state index contributed by atoms with van der Waals surface area (Å²) in [6, 6.07) is 0. The first-order chi connectivity index (χ1) is 8.74. The molecule has 0 atom stereocenters. The molecular weight excluding hydrogens is 250 g/mol. The molecule has 0 radical (unpaired) electrons. The molecule has 1 heterocycles. The number of carboxylic acid groups (broad SMARTS) is 1. The molecule has 1 rings (SSSR count). The van der Waals surface area contributed by atoms with Crippen LogP contribution in [0.3, 0.4) is 0 Å². The first-order valence-corrected chi connectivity index (χ1v) is 6.20. The fourth-order valence-corrected chi connectivity index (χ4v) is 1.91. The van der Waals surface area contributed by atoms with E-state index in [1.165, 1.54) is 4.68 Å². The molecule has 1 aromatic heterocycles. The van der Waals surface area contributed by atoms with Gasteiger partial charge >= 0.3 is 11.7 Å². The Balaban J connectivity index is 3.29. The van der Waals surface area contributed by atoms with Crippen molar-refractivity contribution in [3.05, 3.63) is 21.5 Å². The van der Waals surface area contributed by atoms with Gasteiger partial charge in [0.2, 0.25) is 0 Å². The maximum atomic E-state index is 11.1. The third-order valence-corrected chi connectivity index (χ3v) is 3.08. The molecule has 0 saturated heterocycles. The van der Waals surface area contributed by atoms with E-state index >= 15 is 0 Å². The maximum Gasteiger partial charge on any atom is 0.313 e. The molecule has 0 aliphatic heterocycles. The molecule has 0 saturated carbocycles. The van der Waals surface area contributed by atoms with E-state index in [-0.39, 0.29) is 12.2 Å². The molecule has 0 amide bonds. The van der Waals surface area contributed by atoms with Crippen LogP contribution in [0.1, 0.15) is 39.1 Å². The molecule has 0 fully saturated rings. The van der Waals surface area contributed by atoms with Crippen LogP contribution in [-0.4, -0.2) is 25.8 Å². The van der Waals surface area contributed by atoms with Crippen molar-refractivity contribution in [2.24, 2.45) is 5.41 Å². The van der Waals surface area contributed by atoms with Gasteiger partial charge in [0.05, 0.1) is 16.9 Å². The zero-order valence-corrected chi connectivity index (χ0v) is 11.6. The van der Waals surface area contributed by atoms with Gasteiger partial charge in [0.25, 0.3) is 0 Å². The number of hydrogen-bond donors (Lipinski definition) is 1. The van der Waals surface area contributed by atoms with Gasteiger partial charge in [0, 0.05) is 0 Å². The standard InChI is InChI=1S/C12H19N3O4/c1-5-8-10(15(18)19)9(6-2)14(13-8)7-12(3,4)11(16)17/h5-7H2,1-4H3,(H,16,17). The Labute approximate surface area is 111 Å². The molecule has 7 nitrogen and oxygen atoms in total. The molecule has 0 unspecified atom stereocenters. The predicted octanol–water partition coefficient (Wildman–Crippen LogP) is 2.03. The van der Waals surface area contributed by atoms with Crippen LogP contribution in [0.2, 0.25) is 0 Å². The van der Waals surface area contributed by atoms with E-state index in [1.807, 2.05) is 0 Å². The minimum atomic E-state index is -1.02. The summed E-state index contributed by atoms with van der Waals surface area (Å²) in [5.74, 6) is -0.953. The first kappa shape index (κ1) is 15.1. The second kappa shape index (κ2) is 5.38. The highest BCUT2D eigenvalue weighted by Gasteiger charge is 2.32. The number of aryl methyl sites for hydroxylation is 1. The highest BCUT2D eigenvalue weighted by molar-refractivity contribution is 5.73. The lowest BCUT2D eigenvalue weighted by Crippen LogP contribution is -2.30. The van der Waals surface area contributed by atoms with Crippen LogP contribution in [0, 0.1) is 15.5 Å². The van der Waals surface area contributed by atoms with Crippen molar-refractivity contribution in [3.63, 3.8) is 0 Å². The lowest BCUT2D eigenvalue weighted by molar-refractivity contribution is -0.386. The quantitative estimate of drug-likeness (QED) is 0.629. The van der Waals surface area contributed by atoms with E-state index in [0.29, 0.717) is 24.2 Å². The molecule has 0 bridgehead atoms. The SMILES string of the molecule is CCc1nn(CC(C)(C)C(=O)O)c(CC)c1[N+](=O)[O-]. The van der Waals surface area contributed by atoms with Crippen LogP contribution in [0.4, 0.5) is 5.69 Å². The number of nitro groups is 1. The molecular formula is C12H19N3O4. The normalized spacial score (nSPS) is 11.6. The van der Waals surface area contributed by atoms with Crippen molar-refractivity contribution in [1.29, 1.82) is 0 Å². The molecule has 0 aliphatic carbocycles. The summed E-state index contributed by atoms with van der Waals surface area (Å²) in [5, 5.41) is 24.4. The third-order valence-electron chi connectivity index (χ3n) is 3.08. The molecule has 0 aromatic carbocycles. The van der Waals surface area contributed by atoms with Gasteiger partial charge in [-0.2, -0.15) is 5.10 Å². The Bertz CT molecular complexity index is 505. The Morgan fingerprint density at radius 2 is 2.00 bits per heavy atom. The minimum absolute atomic E-state index is 0.0196. The average molecular weight is 269 g/mol. The van der Waals surface area contributed by atoms with Crippen molar-refractivity contribution in [2.45, 2.75) is 47.1 Å². The molecule has 7 heteroatoms. The van der Waals surface area contributed by atoms with Gasteiger partial charge in [0.1, 0.15) is 11.4 Å².